The summed E-state index contributed by atoms with van der Waals surface area (Å²) in [6.45, 7) is 15.3. The molecule has 35 heavy (non-hydrogen) atoms. The Hall–Kier alpha value is -2.67. The number of carboxylic acids is 1. The second-order valence-electron chi connectivity index (χ2n) is 11.4. The average Bonchev–Trinajstić information content (AvgIpc) is 2.75. The highest BCUT2D eigenvalue weighted by atomic mass is 16.4. The number of hydrogen-bond donors (Lipinski definition) is 3. The molecule has 1 rings (SSSR count). The van der Waals surface area contributed by atoms with Crippen molar-refractivity contribution in [3.63, 3.8) is 0 Å². The predicted molar refractivity (Wildman–Crippen MR) is 141 cm³/mol. The molecule has 0 aliphatic carbocycles. The molecule has 3 atom stereocenters. The first-order chi connectivity index (χ1) is 16.0. The molecule has 0 aliphatic rings. The predicted octanol–water partition coefficient (Wildman–Crippen LogP) is 3.99. The lowest BCUT2D eigenvalue weighted by molar-refractivity contribution is -0.140. The normalized spacial score (nSPS) is 15.3. The van der Waals surface area contributed by atoms with Crippen LogP contribution in [0.2, 0.25) is 0 Å². The van der Waals surface area contributed by atoms with Crippen LogP contribution in [-0.2, 0) is 19.8 Å². The maximum atomic E-state index is 13.7. The van der Waals surface area contributed by atoms with Gasteiger partial charge in [-0.3, -0.25) is 9.59 Å². The van der Waals surface area contributed by atoms with Gasteiger partial charge in [-0.05, 0) is 37.3 Å². The standard InChI is InChI=1S/C28H45N3O4/c1-18(2)16-21(17-19(3)26(34)35)31(10)25(33)23(27(4,5)6)30-24(32)22(29-9)28(7,8)20-14-12-11-13-15-20/h11-15,17-18,21-23,29H,16H2,1-10H3,(H,30,32)(H,34,35)/t21-,22+,23+/m0/s1. The lowest BCUT2D eigenvalue weighted by Crippen LogP contribution is -2.61. The number of amides is 2. The summed E-state index contributed by atoms with van der Waals surface area (Å²) in [5.41, 5.74) is 0.103. The molecule has 7 nitrogen and oxygen atoms in total. The number of aliphatic carboxylic acids is 1. The van der Waals surface area contributed by atoms with Crippen LogP contribution in [0.3, 0.4) is 0 Å². The fraction of sp³-hybridized carbons (Fsp3) is 0.607. The minimum Gasteiger partial charge on any atom is -0.478 e. The van der Waals surface area contributed by atoms with E-state index in [1.54, 1.807) is 25.1 Å². The molecular weight excluding hydrogens is 442 g/mol. The van der Waals surface area contributed by atoms with Crippen LogP contribution in [0, 0.1) is 11.3 Å². The zero-order chi connectivity index (χ0) is 27.1. The SMILES string of the molecule is CN[C@H](C(=O)N[C@H](C(=O)N(C)[C@H](C=C(C)C(=O)O)CC(C)C)C(C)(C)C)C(C)(C)c1ccccc1. The number of carbonyl (C=O) groups is 3. The Bertz CT molecular complexity index is 901. The first kappa shape index (κ1) is 30.4. The third-order valence-electron chi connectivity index (χ3n) is 6.53. The summed E-state index contributed by atoms with van der Waals surface area (Å²) in [5.74, 6) is -1.28. The number of likely N-dealkylation sites (N-methyl/N-ethyl adjacent to an activating group) is 2. The number of nitrogens with one attached hydrogen (secondary N) is 2. The maximum Gasteiger partial charge on any atom is 0.331 e. The molecule has 0 bridgehead atoms. The van der Waals surface area contributed by atoms with Crippen molar-refractivity contribution in [1.29, 1.82) is 0 Å². The second-order valence-corrected chi connectivity index (χ2v) is 11.4. The largest absolute Gasteiger partial charge is 0.478 e. The number of nitrogens with zero attached hydrogens (tertiary/aromatic N) is 1. The van der Waals surface area contributed by atoms with Gasteiger partial charge in [0.05, 0.1) is 12.1 Å². The highest BCUT2D eigenvalue weighted by Crippen LogP contribution is 2.29. The van der Waals surface area contributed by atoms with Gasteiger partial charge in [0.15, 0.2) is 0 Å². The van der Waals surface area contributed by atoms with E-state index in [-0.39, 0.29) is 23.3 Å². The Morgan fingerprint density at radius 2 is 1.57 bits per heavy atom. The number of benzene rings is 1. The molecule has 3 N–H and O–H groups in total. The molecule has 2 amide bonds. The zero-order valence-electron chi connectivity index (χ0n) is 23.1. The molecule has 0 unspecified atom stereocenters. The molecule has 0 radical (unpaired) electrons. The first-order valence-corrected chi connectivity index (χ1v) is 12.3. The third kappa shape index (κ3) is 8.20. The van der Waals surface area contributed by atoms with Crippen molar-refractivity contribution in [2.45, 2.75) is 85.4 Å². The van der Waals surface area contributed by atoms with Crippen molar-refractivity contribution < 1.29 is 19.5 Å². The molecule has 0 spiro atoms. The lowest BCUT2D eigenvalue weighted by Gasteiger charge is -2.39. The molecule has 0 heterocycles. The summed E-state index contributed by atoms with van der Waals surface area (Å²) in [4.78, 5) is 40.3. The zero-order valence-corrected chi connectivity index (χ0v) is 23.1. The Balaban J connectivity index is 3.30. The fourth-order valence-electron chi connectivity index (χ4n) is 4.28. The fourth-order valence-corrected chi connectivity index (χ4v) is 4.28. The van der Waals surface area contributed by atoms with Crippen LogP contribution in [-0.4, -0.2) is 60.0 Å². The summed E-state index contributed by atoms with van der Waals surface area (Å²) in [7, 11) is 3.42. The second kappa shape index (κ2) is 12.3. The minimum absolute atomic E-state index is 0.187. The van der Waals surface area contributed by atoms with Gasteiger partial charge in [-0.1, -0.05) is 84.9 Å². The number of hydrogen-bond acceptors (Lipinski definition) is 4. The van der Waals surface area contributed by atoms with Crippen molar-refractivity contribution in [2.75, 3.05) is 14.1 Å². The topological polar surface area (TPSA) is 98.7 Å². The smallest absolute Gasteiger partial charge is 0.331 e. The van der Waals surface area contributed by atoms with Gasteiger partial charge in [-0.25, -0.2) is 4.79 Å². The number of carboxylic acid groups (broad SMARTS) is 1. The molecular formula is C28H45N3O4. The highest BCUT2D eigenvalue weighted by Gasteiger charge is 2.41. The average molecular weight is 488 g/mol. The molecule has 0 saturated heterocycles. The van der Waals surface area contributed by atoms with Crippen molar-refractivity contribution in [3.05, 3.63) is 47.5 Å². The van der Waals surface area contributed by atoms with Gasteiger partial charge in [-0.15, -0.1) is 0 Å². The minimum atomic E-state index is -1.01. The van der Waals surface area contributed by atoms with E-state index in [0.717, 1.165) is 5.56 Å². The van der Waals surface area contributed by atoms with Gasteiger partial charge in [0.25, 0.3) is 0 Å². The quantitative estimate of drug-likeness (QED) is 0.410. The van der Waals surface area contributed by atoms with Crippen LogP contribution in [0.1, 0.15) is 67.4 Å². The lowest BCUT2D eigenvalue weighted by atomic mass is 9.76. The van der Waals surface area contributed by atoms with Crippen LogP contribution in [0.4, 0.5) is 0 Å². The summed E-state index contributed by atoms with van der Waals surface area (Å²) in [6, 6.07) is 8.04. The van der Waals surface area contributed by atoms with E-state index >= 15 is 0 Å². The Morgan fingerprint density at radius 3 is 2.00 bits per heavy atom. The van der Waals surface area contributed by atoms with Crippen molar-refractivity contribution >= 4 is 17.8 Å². The third-order valence-corrected chi connectivity index (χ3v) is 6.53. The van der Waals surface area contributed by atoms with Crippen LogP contribution >= 0.6 is 0 Å². The molecule has 0 saturated carbocycles. The van der Waals surface area contributed by atoms with E-state index in [9.17, 15) is 19.5 Å². The van der Waals surface area contributed by atoms with Crippen molar-refractivity contribution in [1.82, 2.24) is 15.5 Å². The van der Waals surface area contributed by atoms with Crippen LogP contribution in [0.15, 0.2) is 42.0 Å². The monoisotopic (exact) mass is 487 g/mol. The van der Waals surface area contributed by atoms with Crippen LogP contribution in [0.25, 0.3) is 0 Å². The summed E-state index contributed by atoms with van der Waals surface area (Å²) in [5, 5.41) is 15.5. The Labute approximate surface area is 211 Å². The van der Waals surface area contributed by atoms with Crippen LogP contribution < -0.4 is 10.6 Å². The van der Waals surface area contributed by atoms with E-state index in [0.29, 0.717) is 6.42 Å². The van der Waals surface area contributed by atoms with Crippen molar-refractivity contribution in [3.8, 4) is 0 Å². The molecule has 7 heteroatoms. The molecule has 0 aliphatic heterocycles. The number of carbonyl (C=O) groups excluding carboxylic acids is 2. The van der Waals surface area contributed by atoms with E-state index in [1.165, 1.54) is 6.92 Å². The van der Waals surface area contributed by atoms with E-state index in [4.69, 9.17) is 0 Å². The molecule has 0 aromatic heterocycles. The molecule has 196 valence electrons. The summed E-state index contributed by atoms with van der Waals surface area (Å²) in [6.07, 6.45) is 2.23. The van der Waals surface area contributed by atoms with E-state index in [1.807, 2.05) is 78.8 Å². The highest BCUT2D eigenvalue weighted by molar-refractivity contribution is 5.91. The van der Waals surface area contributed by atoms with Crippen LogP contribution in [0.5, 0.6) is 0 Å². The molecule has 1 aromatic rings. The first-order valence-electron chi connectivity index (χ1n) is 12.3. The maximum absolute atomic E-state index is 13.7. The van der Waals surface area contributed by atoms with Gasteiger partial charge in [0.1, 0.15) is 6.04 Å². The van der Waals surface area contributed by atoms with Gasteiger partial charge >= 0.3 is 5.97 Å². The molecule has 1 aromatic carbocycles. The Morgan fingerprint density at radius 1 is 1.03 bits per heavy atom. The van der Waals surface area contributed by atoms with Gasteiger partial charge in [0.2, 0.25) is 11.8 Å². The van der Waals surface area contributed by atoms with E-state index < -0.39 is 34.9 Å². The van der Waals surface area contributed by atoms with Gasteiger partial charge in [0, 0.05) is 18.0 Å². The van der Waals surface area contributed by atoms with Gasteiger partial charge in [-0.2, -0.15) is 0 Å². The molecule has 0 fully saturated rings. The Kier molecular flexibility index (Phi) is 10.7. The van der Waals surface area contributed by atoms with E-state index in [2.05, 4.69) is 10.6 Å². The number of rotatable bonds is 11. The van der Waals surface area contributed by atoms with Crippen molar-refractivity contribution in [2.24, 2.45) is 11.3 Å². The van der Waals surface area contributed by atoms with Gasteiger partial charge < -0.3 is 20.6 Å². The summed E-state index contributed by atoms with van der Waals surface area (Å²) >= 11 is 0. The summed E-state index contributed by atoms with van der Waals surface area (Å²) < 4.78 is 0.